The molecule has 1 aliphatic rings. The Hall–Kier alpha value is -6.37. The third-order valence-electron chi connectivity index (χ3n) is 6.19. The van der Waals surface area contributed by atoms with Crippen molar-refractivity contribution in [3.8, 4) is 17.2 Å². The molecule has 214 valence electrons. The van der Waals surface area contributed by atoms with E-state index in [0.717, 1.165) is 28.7 Å². The van der Waals surface area contributed by atoms with Gasteiger partial charge in [-0.3, -0.25) is 35.1 Å². The predicted octanol–water partition coefficient (Wildman–Crippen LogP) is 5.54. The van der Waals surface area contributed by atoms with Gasteiger partial charge in [-0.05, 0) is 59.7 Å². The maximum Gasteiger partial charge on any atom is 0.335 e. The summed E-state index contributed by atoms with van der Waals surface area (Å²) in [6, 6.07) is 23.7. The van der Waals surface area contributed by atoms with Gasteiger partial charge in [-0.1, -0.05) is 42.5 Å². The Morgan fingerprint density at radius 3 is 2.23 bits per heavy atom. The summed E-state index contributed by atoms with van der Waals surface area (Å²) >= 11 is 0. The first kappa shape index (κ1) is 28.2. The molecule has 0 saturated carbocycles. The van der Waals surface area contributed by atoms with Gasteiger partial charge in [-0.25, -0.2) is 9.69 Å². The molecular formula is C30H20N4O9. The van der Waals surface area contributed by atoms with E-state index in [-0.39, 0.29) is 22.8 Å². The van der Waals surface area contributed by atoms with E-state index in [0.29, 0.717) is 17.9 Å². The molecule has 4 aromatic rings. The molecule has 1 saturated heterocycles. The first-order valence-electron chi connectivity index (χ1n) is 12.6. The number of amides is 4. The minimum Gasteiger partial charge on any atom is -0.489 e. The van der Waals surface area contributed by atoms with Crippen LogP contribution < -0.4 is 19.7 Å². The average molecular weight is 581 g/mol. The van der Waals surface area contributed by atoms with Crippen molar-refractivity contribution < 1.29 is 33.7 Å². The number of nitrogens with zero attached hydrogens (tertiary/aromatic N) is 3. The van der Waals surface area contributed by atoms with E-state index in [4.69, 9.17) is 9.47 Å². The fourth-order valence-corrected chi connectivity index (χ4v) is 4.13. The summed E-state index contributed by atoms with van der Waals surface area (Å²) in [6.07, 6.45) is 1.24. The number of carbonyl (C=O) groups excluding carboxylic acids is 3. The molecule has 0 bridgehead atoms. The SMILES string of the molecule is O=C1NC(=O)N(c2ccc(OCc3ccccc3)cc2)C(=O)/C1=C\c1cccc(Oc2ccc([N+](=O)[O-])cc2[N+](=O)[O-])c1. The first-order valence-corrected chi connectivity index (χ1v) is 12.6. The van der Waals surface area contributed by atoms with E-state index in [1.54, 1.807) is 18.2 Å². The Kier molecular flexibility index (Phi) is 7.87. The lowest BCUT2D eigenvalue weighted by Gasteiger charge is -2.26. The fraction of sp³-hybridized carbons (Fsp3) is 0.0333. The second-order valence-electron chi connectivity index (χ2n) is 9.07. The van der Waals surface area contributed by atoms with Crippen LogP contribution in [0.2, 0.25) is 0 Å². The lowest BCUT2D eigenvalue weighted by molar-refractivity contribution is -0.394. The highest BCUT2D eigenvalue weighted by Gasteiger charge is 2.36. The molecular weight excluding hydrogens is 560 g/mol. The number of ether oxygens (including phenoxy) is 2. The summed E-state index contributed by atoms with van der Waals surface area (Å²) in [5, 5.41) is 24.6. The maximum absolute atomic E-state index is 13.3. The number of rotatable bonds is 9. The van der Waals surface area contributed by atoms with Gasteiger partial charge >= 0.3 is 11.7 Å². The maximum atomic E-state index is 13.3. The second kappa shape index (κ2) is 12.0. The van der Waals surface area contributed by atoms with Crippen LogP contribution in [0.25, 0.3) is 6.08 Å². The van der Waals surface area contributed by atoms with Gasteiger partial charge in [-0.15, -0.1) is 0 Å². The van der Waals surface area contributed by atoms with Gasteiger partial charge in [0.2, 0.25) is 5.75 Å². The van der Waals surface area contributed by atoms with Crippen LogP contribution in [-0.2, 0) is 16.2 Å². The van der Waals surface area contributed by atoms with Gasteiger partial charge in [0, 0.05) is 6.07 Å². The highest BCUT2D eigenvalue weighted by molar-refractivity contribution is 6.39. The van der Waals surface area contributed by atoms with Crippen LogP contribution >= 0.6 is 0 Å². The Morgan fingerprint density at radius 2 is 1.53 bits per heavy atom. The highest BCUT2D eigenvalue weighted by Crippen LogP contribution is 2.35. The van der Waals surface area contributed by atoms with Crippen molar-refractivity contribution in [2.45, 2.75) is 6.61 Å². The molecule has 0 aromatic heterocycles. The summed E-state index contributed by atoms with van der Waals surface area (Å²) in [4.78, 5) is 60.2. The molecule has 1 aliphatic heterocycles. The molecule has 0 spiro atoms. The lowest BCUT2D eigenvalue weighted by atomic mass is 10.1. The molecule has 0 unspecified atom stereocenters. The summed E-state index contributed by atoms with van der Waals surface area (Å²) in [5.74, 6) is -1.43. The molecule has 43 heavy (non-hydrogen) atoms. The van der Waals surface area contributed by atoms with Gasteiger partial charge in [0.05, 0.1) is 21.6 Å². The zero-order chi connectivity index (χ0) is 30.5. The van der Waals surface area contributed by atoms with E-state index in [1.807, 2.05) is 30.3 Å². The minimum absolute atomic E-state index is 0.0917. The number of nitro benzene ring substituents is 2. The molecule has 0 radical (unpaired) electrons. The Labute approximate surface area is 242 Å². The third-order valence-corrected chi connectivity index (χ3v) is 6.19. The molecule has 0 atom stereocenters. The monoisotopic (exact) mass is 580 g/mol. The standard InChI is InChI=1S/C30H20N4O9/c35-28-25(16-20-7-4-8-24(15-20)43-27-14-11-22(33(38)39)17-26(27)34(40)41)29(36)32(30(37)31-28)21-9-12-23(13-10-21)42-18-19-5-2-1-3-6-19/h1-17H,18H2,(H,31,35,37)/b25-16-. The molecule has 1 fully saturated rings. The molecule has 4 amide bonds. The summed E-state index contributed by atoms with van der Waals surface area (Å²) in [5.41, 5.74) is 0.0293. The number of barbiturate groups is 1. The van der Waals surface area contributed by atoms with Crippen LogP contribution in [0, 0.1) is 20.2 Å². The number of hydrogen-bond donors (Lipinski definition) is 1. The van der Waals surface area contributed by atoms with Crippen molar-refractivity contribution in [1.29, 1.82) is 0 Å². The smallest absolute Gasteiger partial charge is 0.335 e. The van der Waals surface area contributed by atoms with Crippen molar-refractivity contribution >= 4 is 41.0 Å². The number of anilines is 1. The zero-order valence-electron chi connectivity index (χ0n) is 22.0. The molecule has 1 N–H and O–H groups in total. The topological polar surface area (TPSA) is 171 Å². The Balaban J connectivity index is 1.35. The van der Waals surface area contributed by atoms with E-state index < -0.39 is 39.1 Å². The number of benzene rings is 4. The van der Waals surface area contributed by atoms with Crippen LogP contribution in [0.4, 0.5) is 21.9 Å². The lowest BCUT2D eigenvalue weighted by Crippen LogP contribution is -2.54. The van der Waals surface area contributed by atoms with Crippen molar-refractivity contribution in [2.75, 3.05) is 4.90 Å². The number of non-ortho nitro benzene ring substituents is 1. The van der Waals surface area contributed by atoms with Crippen molar-refractivity contribution in [2.24, 2.45) is 0 Å². The predicted molar refractivity (Wildman–Crippen MR) is 152 cm³/mol. The number of nitro groups is 2. The van der Waals surface area contributed by atoms with Gasteiger partial charge < -0.3 is 9.47 Å². The molecule has 1 heterocycles. The highest BCUT2D eigenvalue weighted by atomic mass is 16.6. The van der Waals surface area contributed by atoms with Gasteiger partial charge in [0.15, 0.2) is 0 Å². The van der Waals surface area contributed by atoms with Crippen LogP contribution in [0.1, 0.15) is 11.1 Å². The minimum atomic E-state index is -0.923. The molecule has 4 aromatic carbocycles. The van der Waals surface area contributed by atoms with Crippen LogP contribution in [0.15, 0.2) is 103 Å². The molecule has 13 nitrogen and oxygen atoms in total. The number of carbonyl (C=O) groups is 3. The summed E-state index contributed by atoms with van der Waals surface area (Å²) < 4.78 is 11.3. The largest absolute Gasteiger partial charge is 0.489 e. The summed E-state index contributed by atoms with van der Waals surface area (Å²) in [7, 11) is 0. The first-order chi connectivity index (χ1) is 20.7. The Bertz CT molecular complexity index is 1790. The van der Waals surface area contributed by atoms with Crippen molar-refractivity contribution in [3.63, 3.8) is 0 Å². The Morgan fingerprint density at radius 1 is 0.791 bits per heavy atom. The van der Waals surface area contributed by atoms with Crippen molar-refractivity contribution in [3.05, 3.63) is 134 Å². The normalized spacial score (nSPS) is 13.9. The van der Waals surface area contributed by atoms with E-state index in [1.165, 1.54) is 36.4 Å². The van der Waals surface area contributed by atoms with Gasteiger partial charge in [0.25, 0.3) is 17.5 Å². The van der Waals surface area contributed by atoms with Crippen LogP contribution in [0.3, 0.4) is 0 Å². The van der Waals surface area contributed by atoms with Crippen molar-refractivity contribution in [1.82, 2.24) is 5.32 Å². The van der Waals surface area contributed by atoms with Crippen LogP contribution in [-0.4, -0.2) is 27.7 Å². The molecule has 0 aliphatic carbocycles. The van der Waals surface area contributed by atoms with E-state index in [9.17, 15) is 34.6 Å². The quantitative estimate of drug-likeness (QED) is 0.115. The molecule has 13 heteroatoms. The van der Waals surface area contributed by atoms with Gasteiger partial charge in [0.1, 0.15) is 23.7 Å². The number of nitrogens with one attached hydrogen (secondary N) is 1. The van der Waals surface area contributed by atoms with E-state index in [2.05, 4.69) is 5.32 Å². The van der Waals surface area contributed by atoms with Crippen LogP contribution in [0.5, 0.6) is 17.2 Å². The number of hydrogen-bond acceptors (Lipinski definition) is 9. The summed E-state index contributed by atoms with van der Waals surface area (Å²) in [6.45, 7) is 0.324. The molecule has 5 rings (SSSR count). The number of urea groups is 1. The third kappa shape index (κ3) is 6.36. The zero-order valence-corrected chi connectivity index (χ0v) is 22.0. The average Bonchev–Trinajstić information content (AvgIpc) is 2.99. The van der Waals surface area contributed by atoms with E-state index >= 15 is 0 Å². The van der Waals surface area contributed by atoms with Gasteiger partial charge in [-0.2, -0.15) is 0 Å². The number of imide groups is 2. The second-order valence-corrected chi connectivity index (χ2v) is 9.07. The fourth-order valence-electron chi connectivity index (χ4n) is 4.13.